The second-order valence-corrected chi connectivity index (χ2v) is 4.80. The van der Waals surface area contributed by atoms with E-state index >= 15 is 0 Å². The van der Waals surface area contributed by atoms with Crippen LogP contribution in [-0.2, 0) is 11.2 Å². The Kier molecular flexibility index (Phi) is 4.69. The lowest BCUT2D eigenvalue weighted by Gasteiger charge is -1.91. The monoisotopic (exact) mass is 229 g/mol. The van der Waals surface area contributed by atoms with Crippen molar-refractivity contribution in [2.24, 2.45) is 0 Å². The fraction of sp³-hybridized carbons (Fsp3) is 0.333. The molecule has 1 rings (SSSR count). The van der Waals surface area contributed by atoms with Crippen molar-refractivity contribution >= 4 is 29.1 Å². The van der Waals surface area contributed by atoms with E-state index in [1.165, 1.54) is 11.3 Å². The summed E-state index contributed by atoms with van der Waals surface area (Å²) in [6.45, 7) is 3.63. The van der Waals surface area contributed by atoms with E-state index in [1.54, 1.807) is 17.1 Å². The molecule has 0 spiro atoms. The number of aromatic nitrogens is 1. The highest BCUT2D eigenvalue weighted by Crippen LogP contribution is 2.23. The molecule has 3 nitrogen and oxygen atoms in total. The number of rotatable bonds is 6. The van der Waals surface area contributed by atoms with Crippen LogP contribution >= 0.6 is 23.1 Å². The first-order valence-corrected chi connectivity index (χ1v) is 5.99. The Morgan fingerprint density at radius 1 is 1.79 bits per heavy atom. The molecule has 1 aromatic rings. The molecule has 76 valence electrons. The van der Waals surface area contributed by atoms with Crippen LogP contribution in [0, 0.1) is 0 Å². The average Bonchev–Trinajstić information content (AvgIpc) is 2.52. The molecule has 0 radical (unpaired) electrons. The largest absolute Gasteiger partial charge is 0.481 e. The summed E-state index contributed by atoms with van der Waals surface area (Å²) < 4.78 is 0.933. The Labute approximate surface area is 90.9 Å². The van der Waals surface area contributed by atoms with E-state index in [9.17, 15) is 4.79 Å². The lowest BCUT2D eigenvalue weighted by atomic mass is 10.3. The number of carboxylic acids is 1. The SMILES string of the molecule is C=CCCSc1nc(CC(=O)O)cs1. The Hall–Kier alpha value is -0.810. The van der Waals surface area contributed by atoms with Crippen LogP contribution in [0.1, 0.15) is 12.1 Å². The van der Waals surface area contributed by atoms with Crippen LogP contribution in [-0.4, -0.2) is 21.8 Å². The van der Waals surface area contributed by atoms with Crippen molar-refractivity contribution in [3.63, 3.8) is 0 Å². The molecule has 0 aliphatic heterocycles. The van der Waals surface area contributed by atoms with Crippen molar-refractivity contribution < 1.29 is 9.90 Å². The first-order valence-electron chi connectivity index (χ1n) is 4.12. The highest BCUT2D eigenvalue weighted by molar-refractivity contribution is 8.01. The summed E-state index contributed by atoms with van der Waals surface area (Å²) in [5.41, 5.74) is 0.642. The topological polar surface area (TPSA) is 50.2 Å². The minimum Gasteiger partial charge on any atom is -0.481 e. The van der Waals surface area contributed by atoms with Gasteiger partial charge in [0.25, 0.3) is 0 Å². The van der Waals surface area contributed by atoms with Crippen molar-refractivity contribution in [3.05, 3.63) is 23.7 Å². The molecular formula is C9H11NO2S2. The summed E-state index contributed by atoms with van der Waals surface area (Å²) >= 11 is 3.13. The minimum atomic E-state index is -0.835. The van der Waals surface area contributed by atoms with Crippen molar-refractivity contribution in [1.29, 1.82) is 0 Å². The molecule has 0 saturated heterocycles. The van der Waals surface area contributed by atoms with Gasteiger partial charge in [0, 0.05) is 11.1 Å². The molecule has 0 unspecified atom stereocenters. The van der Waals surface area contributed by atoms with Gasteiger partial charge in [-0.15, -0.1) is 17.9 Å². The third-order valence-electron chi connectivity index (χ3n) is 1.41. The molecule has 1 N–H and O–H groups in total. The minimum absolute atomic E-state index is 0.0124. The fourth-order valence-electron chi connectivity index (χ4n) is 0.820. The van der Waals surface area contributed by atoms with Gasteiger partial charge in [-0.3, -0.25) is 4.79 Å². The van der Waals surface area contributed by atoms with E-state index in [0.717, 1.165) is 16.5 Å². The molecule has 1 aromatic heterocycles. The van der Waals surface area contributed by atoms with Crippen LogP contribution in [0.5, 0.6) is 0 Å². The third-order valence-corrected chi connectivity index (χ3v) is 3.51. The predicted octanol–water partition coefficient (Wildman–Crippen LogP) is 2.44. The van der Waals surface area contributed by atoms with Crippen molar-refractivity contribution in [3.8, 4) is 0 Å². The van der Waals surface area contributed by atoms with Gasteiger partial charge < -0.3 is 5.11 Å². The highest BCUT2D eigenvalue weighted by atomic mass is 32.2. The summed E-state index contributed by atoms with van der Waals surface area (Å²) in [5.74, 6) is 0.113. The van der Waals surface area contributed by atoms with Crippen LogP contribution in [0.3, 0.4) is 0 Å². The van der Waals surface area contributed by atoms with Crippen LogP contribution in [0.2, 0.25) is 0 Å². The van der Waals surface area contributed by atoms with Gasteiger partial charge in [0.1, 0.15) is 4.34 Å². The van der Waals surface area contributed by atoms with E-state index in [1.807, 2.05) is 6.08 Å². The van der Waals surface area contributed by atoms with Crippen molar-refractivity contribution in [2.75, 3.05) is 5.75 Å². The standard InChI is InChI=1S/C9H11NO2S2/c1-2-3-4-13-9-10-7(6-14-9)5-8(11)12/h2,6H,1,3-5H2,(H,11,12). The molecule has 0 aliphatic rings. The van der Waals surface area contributed by atoms with Gasteiger partial charge in [-0.1, -0.05) is 17.8 Å². The zero-order chi connectivity index (χ0) is 10.4. The molecule has 1 heterocycles. The van der Waals surface area contributed by atoms with Crippen molar-refractivity contribution in [2.45, 2.75) is 17.2 Å². The van der Waals surface area contributed by atoms with E-state index < -0.39 is 5.97 Å². The maximum absolute atomic E-state index is 10.4. The number of hydrogen-bond acceptors (Lipinski definition) is 4. The van der Waals surface area contributed by atoms with E-state index in [2.05, 4.69) is 11.6 Å². The lowest BCUT2D eigenvalue weighted by molar-refractivity contribution is -0.136. The molecule has 0 amide bonds. The van der Waals surface area contributed by atoms with E-state index in [4.69, 9.17) is 5.11 Å². The van der Waals surface area contributed by atoms with Gasteiger partial charge in [-0.2, -0.15) is 0 Å². The first kappa shape index (κ1) is 11.3. The van der Waals surface area contributed by atoms with Gasteiger partial charge in [0.15, 0.2) is 0 Å². The zero-order valence-electron chi connectivity index (χ0n) is 7.60. The quantitative estimate of drug-likeness (QED) is 0.462. The molecule has 0 atom stereocenters. The first-order chi connectivity index (χ1) is 6.72. The van der Waals surface area contributed by atoms with Crippen LogP contribution in [0.15, 0.2) is 22.4 Å². The Morgan fingerprint density at radius 3 is 3.21 bits per heavy atom. The number of aliphatic carboxylic acids is 1. The lowest BCUT2D eigenvalue weighted by Crippen LogP contribution is -1.99. The molecule has 14 heavy (non-hydrogen) atoms. The zero-order valence-corrected chi connectivity index (χ0v) is 9.24. The number of hydrogen-bond donors (Lipinski definition) is 1. The molecule has 5 heteroatoms. The smallest absolute Gasteiger partial charge is 0.309 e. The number of thioether (sulfide) groups is 1. The molecule has 0 saturated carbocycles. The second-order valence-electron chi connectivity index (χ2n) is 2.60. The third kappa shape index (κ3) is 3.93. The maximum Gasteiger partial charge on any atom is 0.309 e. The van der Waals surface area contributed by atoms with Gasteiger partial charge in [0.05, 0.1) is 12.1 Å². The summed E-state index contributed by atoms with van der Waals surface area (Å²) in [5, 5.41) is 10.3. The molecular weight excluding hydrogens is 218 g/mol. The van der Waals surface area contributed by atoms with Gasteiger partial charge >= 0.3 is 5.97 Å². The molecule has 0 aliphatic carbocycles. The average molecular weight is 229 g/mol. The summed E-state index contributed by atoms with van der Waals surface area (Å²) in [7, 11) is 0. The van der Waals surface area contributed by atoms with Gasteiger partial charge in [0.2, 0.25) is 0 Å². The number of thiazole rings is 1. The maximum atomic E-state index is 10.4. The molecule has 0 bridgehead atoms. The normalized spacial score (nSPS) is 10.0. The van der Waals surface area contributed by atoms with Gasteiger partial charge in [-0.05, 0) is 6.42 Å². The highest BCUT2D eigenvalue weighted by Gasteiger charge is 2.05. The predicted molar refractivity (Wildman–Crippen MR) is 59.0 cm³/mol. The Bertz CT molecular complexity index is 322. The van der Waals surface area contributed by atoms with E-state index in [-0.39, 0.29) is 6.42 Å². The van der Waals surface area contributed by atoms with Crippen molar-refractivity contribution in [1.82, 2.24) is 4.98 Å². The Balaban J connectivity index is 2.42. The van der Waals surface area contributed by atoms with Crippen LogP contribution in [0.4, 0.5) is 0 Å². The fourth-order valence-corrected chi connectivity index (χ4v) is 2.67. The summed E-state index contributed by atoms with van der Waals surface area (Å²) in [6, 6.07) is 0. The number of nitrogens with zero attached hydrogens (tertiary/aromatic N) is 1. The van der Waals surface area contributed by atoms with Crippen LogP contribution < -0.4 is 0 Å². The number of allylic oxidation sites excluding steroid dienone is 1. The van der Waals surface area contributed by atoms with Crippen LogP contribution in [0.25, 0.3) is 0 Å². The molecule has 0 aromatic carbocycles. The number of carbonyl (C=O) groups is 1. The van der Waals surface area contributed by atoms with Gasteiger partial charge in [-0.25, -0.2) is 4.98 Å². The summed E-state index contributed by atoms with van der Waals surface area (Å²) in [6.07, 6.45) is 2.82. The molecule has 0 fully saturated rings. The Morgan fingerprint density at radius 2 is 2.57 bits per heavy atom. The summed E-state index contributed by atoms with van der Waals surface area (Å²) in [4.78, 5) is 14.6. The number of carboxylic acid groups (broad SMARTS) is 1. The second kappa shape index (κ2) is 5.82. The van der Waals surface area contributed by atoms with E-state index in [0.29, 0.717) is 5.69 Å².